The maximum Gasteiger partial charge on any atom is 0.319 e. The van der Waals surface area contributed by atoms with E-state index >= 15 is 0 Å². The van der Waals surface area contributed by atoms with E-state index in [0.29, 0.717) is 5.75 Å². The molecule has 2 unspecified atom stereocenters. The van der Waals surface area contributed by atoms with Gasteiger partial charge in [0.25, 0.3) is 0 Å². The van der Waals surface area contributed by atoms with Crippen LogP contribution < -0.4 is 10.6 Å². The molecule has 0 fully saturated rings. The van der Waals surface area contributed by atoms with E-state index in [-0.39, 0.29) is 16.8 Å². The van der Waals surface area contributed by atoms with Crippen LogP contribution in [0.4, 0.5) is 10.5 Å². The molecule has 0 radical (unpaired) electrons. The molecule has 0 aliphatic rings. The van der Waals surface area contributed by atoms with Crippen molar-refractivity contribution in [2.45, 2.75) is 43.4 Å². The number of urea groups is 1. The van der Waals surface area contributed by atoms with Gasteiger partial charge in [0.05, 0.1) is 0 Å². The van der Waals surface area contributed by atoms with Gasteiger partial charge in [-0.15, -0.1) is 11.8 Å². The molecular weight excluding hydrogens is 304 g/mol. The molecule has 0 saturated carbocycles. The Morgan fingerprint density at radius 3 is 2.33 bits per heavy atom. The fourth-order valence-electron chi connectivity index (χ4n) is 1.74. The maximum atomic E-state index is 11.8. The van der Waals surface area contributed by atoms with Gasteiger partial charge in [0.15, 0.2) is 0 Å². The zero-order valence-corrected chi connectivity index (χ0v) is 14.9. The highest BCUT2D eigenvalue weighted by Gasteiger charge is 2.12. The molecule has 0 heterocycles. The Labute approximate surface area is 133 Å². The molecule has 2 atom stereocenters. The van der Waals surface area contributed by atoms with Crippen molar-refractivity contribution in [3.63, 3.8) is 0 Å². The van der Waals surface area contributed by atoms with Gasteiger partial charge in [0.1, 0.15) is 0 Å². The molecule has 0 aliphatic heterocycles. The Hall–Kier alpha value is -1.01. The van der Waals surface area contributed by atoms with Gasteiger partial charge < -0.3 is 10.6 Å². The molecule has 118 valence electrons. The maximum absolute atomic E-state index is 11.8. The highest BCUT2D eigenvalue weighted by Crippen LogP contribution is 2.32. The summed E-state index contributed by atoms with van der Waals surface area (Å²) < 4.78 is 11.2. The van der Waals surface area contributed by atoms with Crippen LogP contribution in [-0.4, -0.2) is 33.0 Å². The third kappa shape index (κ3) is 8.12. The van der Waals surface area contributed by atoms with Crippen molar-refractivity contribution in [2.75, 3.05) is 17.3 Å². The van der Waals surface area contributed by atoms with Gasteiger partial charge in [-0.1, -0.05) is 20.8 Å². The largest absolute Gasteiger partial charge is 0.334 e. The van der Waals surface area contributed by atoms with Gasteiger partial charge >= 0.3 is 6.03 Å². The zero-order valence-electron chi connectivity index (χ0n) is 13.2. The van der Waals surface area contributed by atoms with Gasteiger partial charge in [0.2, 0.25) is 0 Å². The standard InChI is InChI=1S/C15H24N2O2S2/c1-11(10-21(5)19)16-14(18)17-12-6-8-13(9-7-12)20-15(2,3)4/h6-9,11H,10H2,1-5H3,(H2,16,17,18). The van der Waals surface area contributed by atoms with Crippen LogP contribution in [0, 0.1) is 0 Å². The average Bonchev–Trinajstić information content (AvgIpc) is 2.28. The SMILES string of the molecule is CC(CS(C)=O)NC(=O)Nc1ccc(SC(C)(C)C)cc1. The molecule has 0 saturated heterocycles. The fraction of sp³-hybridized carbons (Fsp3) is 0.533. The summed E-state index contributed by atoms with van der Waals surface area (Å²) in [5.41, 5.74) is 0.746. The van der Waals surface area contributed by atoms with Crippen LogP contribution in [-0.2, 0) is 10.8 Å². The van der Waals surface area contributed by atoms with Crippen molar-refractivity contribution in [2.24, 2.45) is 0 Å². The fourth-order valence-corrected chi connectivity index (χ4v) is 3.51. The van der Waals surface area contributed by atoms with Crippen molar-refractivity contribution in [3.8, 4) is 0 Å². The van der Waals surface area contributed by atoms with E-state index in [4.69, 9.17) is 0 Å². The summed E-state index contributed by atoms with van der Waals surface area (Å²) in [5, 5.41) is 5.54. The van der Waals surface area contributed by atoms with Crippen LogP contribution in [0.2, 0.25) is 0 Å². The lowest BCUT2D eigenvalue weighted by Gasteiger charge is -2.18. The van der Waals surface area contributed by atoms with E-state index in [1.54, 1.807) is 18.0 Å². The van der Waals surface area contributed by atoms with Gasteiger partial charge in [-0.3, -0.25) is 4.21 Å². The highest BCUT2D eigenvalue weighted by molar-refractivity contribution is 8.00. The second-order valence-corrected chi connectivity index (χ2v) is 9.36. The topological polar surface area (TPSA) is 58.2 Å². The first kappa shape index (κ1) is 18.0. The van der Waals surface area contributed by atoms with Crippen LogP contribution in [0.3, 0.4) is 0 Å². The number of rotatable bonds is 5. The van der Waals surface area contributed by atoms with E-state index in [1.807, 2.05) is 31.2 Å². The predicted molar refractivity (Wildman–Crippen MR) is 92.6 cm³/mol. The number of nitrogens with one attached hydrogen (secondary N) is 2. The van der Waals surface area contributed by atoms with Gasteiger partial charge in [-0.25, -0.2) is 4.79 Å². The summed E-state index contributed by atoms with van der Waals surface area (Å²) in [4.78, 5) is 13.0. The number of thioether (sulfide) groups is 1. The Morgan fingerprint density at radius 1 is 1.29 bits per heavy atom. The number of carbonyl (C=O) groups excluding carboxylic acids is 1. The van der Waals surface area contributed by atoms with E-state index in [9.17, 15) is 9.00 Å². The molecule has 0 aromatic heterocycles. The average molecular weight is 329 g/mol. The lowest BCUT2D eigenvalue weighted by atomic mass is 10.3. The van der Waals surface area contributed by atoms with Crippen LogP contribution in [0.1, 0.15) is 27.7 Å². The normalized spacial score (nSPS) is 14.3. The Kier molecular flexibility index (Phi) is 6.74. The third-order valence-electron chi connectivity index (χ3n) is 2.40. The molecule has 0 aliphatic carbocycles. The van der Waals surface area contributed by atoms with Crippen LogP contribution in [0.15, 0.2) is 29.2 Å². The van der Waals surface area contributed by atoms with Crippen molar-refractivity contribution in [1.82, 2.24) is 5.32 Å². The number of hydrogen-bond acceptors (Lipinski definition) is 3. The molecule has 6 heteroatoms. The molecule has 2 N–H and O–H groups in total. The Balaban J connectivity index is 2.52. The minimum atomic E-state index is -0.917. The molecule has 1 aromatic rings. The van der Waals surface area contributed by atoms with Crippen molar-refractivity contribution >= 4 is 34.3 Å². The van der Waals surface area contributed by atoms with E-state index in [2.05, 4.69) is 31.4 Å². The summed E-state index contributed by atoms with van der Waals surface area (Å²) in [6.07, 6.45) is 1.63. The zero-order chi connectivity index (χ0) is 16.0. The Morgan fingerprint density at radius 2 is 1.86 bits per heavy atom. The second-order valence-electron chi connectivity index (χ2n) is 5.98. The summed E-state index contributed by atoms with van der Waals surface area (Å²) in [5.74, 6) is 0.453. The van der Waals surface area contributed by atoms with E-state index < -0.39 is 10.8 Å². The van der Waals surface area contributed by atoms with Gasteiger partial charge in [-0.05, 0) is 31.2 Å². The van der Waals surface area contributed by atoms with E-state index in [0.717, 1.165) is 5.69 Å². The van der Waals surface area contributed by atoms with E-state index in [1.165, 1.54) is 4.90 Å². The molecule has 2 amide bonds. The molecule has 1 aromatic carbocycles. The molecule has 4 nitrogen and oxygen atoms in total. The number of amides is 2. The Bertz CT molecular complexity index is 495. The lowest BCUT2D eigenvalue weighted by Crippen LogP contribution is -2.39. The number of benzene rings is 1. The first-order valence-corrected chi connectivity index (χ1v) is 9.37. The number of anilines is 1. The molecule has 21 heavy (non-hydrogen) atoms. The summed E-state index contributed by atoms with van der Waals surface area (Å²) in [6, 6.07) is 7.37. The third-order valence-corrected chi connectivity index (χ3v) is 4.49. The van der Waals surface area contributed by atoms with Gasteiger partial charge in [-0.2, -0.15) is 0 Å². The predicted octanol–water partition coefficient (Wildman–Crippen LogP) is 3.47. The van der Waals surface area contributed by atoms with Crippen molar-refractivity contribution < 1.29 is 9.00 Å². The first-order chi connectivity index (χ1) is 9.65. The number of hydrogen-bond donors (Lipinski definition) is 2. The molecule has 0 spiro atoms. The molecule has 0 bridgehead atoms. The smallest absolute Gasteiger partial charge is 0.319 e. The van der Waals surface area contributed by atoms with Crippen molar-refractivity contribution in [3.05, 3.63) is 24.3 Å². The van der Waals surface area contributed by atoms with Crippen LogP contribution in [0.5, 0.6) is 0 Å². The lowest BCUT2D eigenvalue weighted by molar-refractivity contribution is 0.250. The molecule has 1 rings (SSSR count). The van der Waals surface area contributed by atoms with Crippen LogP contribution >= 0.6 is 11.8 Å². The minimum Gasteiger partial charge on any atom is -0.334 e. The molecular formula is C15H24N2O2S2. The summed E-state index contributed by atoms with van der Waals surface area (Å²) in [6.45, 7) is 8.33. The monoisotopic (exact) mass is 328 g/mol. The summed E-state index contributed by atoms with van der Waals surface area (Å²) >= 11 is 1.78. The number of carbonyl (C=O) groups is 1. The quantitative estimate of drug-likeness (QED) is 0.814. The minimum absolute atomic E-state index is 0.119. The second kappa shape index (κ2) is 7.84. The van der Waals surface area contributed by atoms with Gasteiger partial charge in [0, 0.05) is 44.2 Å². The highest BCUT2D eigenvalue weighted by atomic mass is 32.2. The van der Waals surface area contributed by atoms with Crippen LogP contribution in [0.25, 0.3) is 0 Å². The first-order valence-electron chi connectivity index (χ1n) is 6.82. The van der Waals surface area contributed by atoms with Crippen molar-refractivity contribution in [1.29, 1.82) is 0 Å². The summed E-state index contributed by atoms with van der Waals surface area (Å²) in [7, 11) is -0.917.